The van der Waals surface area contributed by atoms with E-state index in [2.05, 4.69) is 27.3 Å². The van der Waals surface area contributed by atoms with Crippen molar-refractivity contribution in [1.29, 1.82) is 0 Å². The SMILES string of the molecule is COC(=O)c1cc(O)cc(I)c1C. The van der Waals surface area contributed by atoms with Crippen molar-refractivity contribution in [3.05, 3.63) is 26.8 Å². The van der Waals surface area contributed by atoms with Gasteiger partial charge in [0.2, 0.25) is 0 Å². The van der Waals surface area contributed by atoms with Crippen molar-refractivity contribution in [2.24, 2.45) is 0 Å². The molecule has 0 aliphatic heterocycles. The van der Waals surface area contributed by atoms with Crippen LogP contribution in [0.15, 0.2) is 12.1 Å². The number of hydrogen-bond donors (Lipinski definition) is 1. The van der Waals surface area contributed by atoms with Gasteiger partial charge >= 0.3 is 5.97 Å². The molecular weight excluding hydrogens is 283 g/mol. The van der Waals surface area contributed by atoms with Gasteiger partial charge in [0.1, 0.15) is 5.75 Å². The number of phenols is 1. The second-order valence-corrected chi connectivity index (χ2v) is 3.75. The highest BCUT2D eigenvalue weighted by molar-refractivity contribution is 14.1. The van der Waals surface area contributed by atoms with Crippen LogP contribution in [0.5, 0.6) is 5.75 Å². The molecule has 1 aromatic rings. The molecule has 1 rings (SSSR count). The lowest BCUT2D eigenvalue weighted by atomic mass is 10.1. The van der Waals surface area contributed by atoms with Gasteiger partial charge in [0.05, 0.1) is 12.7 Å². The molecule has 0 bridgehead atoms. The van der Waals surface area contributed by atoms with Crippen LogP contribution in [0.25, 0.3) is 0 Å². The van der Waals surface area contributed by atoms with Crippen molar-refractivity contribution >= 4 is 28.6 Å². The van der Waals surface area contributed by atoms with Crippen molar-refractivity contribution in [2.75, 3.05) is 7.11 Å². The topological polar surface area (TPSA) is 46.5 Å². The quantitative estimate of drug-likeness (QED) is 0.637. The standard InChI is InChI=1S/C9H9IO3/c1-5-7(9(12)13-2)3-6(11)4-8(5)10/h3-4,11H,1-2H3. The predicted molar refractivity (Wildman–Crippen MR) is 56.9 cm³/mol. The highest BCUT2D eigenvalue weighted by Crippen LogP contribution is 2.22. The van der Waals surface area contributed by atoms with E-state index in [1.807, 2.05) is 6.92 Å². The molecule has 0 saturated heterocycles. The molecule has 0 unspecified atom stereocenters. The number of carbonyl (C=O) groups is 1. The maximum absolute atomic E-state index is 11.2. The summed E-state index contributed by atoms with van der Waals surface area (Å²) in [4.78, 5) is 11.2. The Hall–Kier alpha value is -0.780. The Bertz CT molecular complexity index is 347. The van der Waals surface area contributed by atoms with E-state index in [1.54, 1.807) is 6.07 Å². The third kappa shape index (κ3) is 2.12. The summed E-state index contributed by atoms with van der Waals surface area (Å²) in [6.07, 6.45) is 0. The highest BCUT2D eigenvalue weighted by Gasteiger charge is 2.12. The number of esters is 1. The van der Waals surface area contributed by atoms with E-state index < -0.39 is 5.97 Å². The van der Waals surface area contributed by atoms with E-state index in [0.29, 0.717) is 5.56 Å². The minimum absolute atomic E-state index is 0.0791. The van der Waals surface area contributed by atoms with Crippen LogP contribution in [-0.4, -0.2) is 18.2 Å². The monoisotopic (exact) mass is 292 g/mol. The Morgan fingerprint density at radius 2 is 2.15 bits per heavy atom. The Morgan fingerprint density at radius 3 is 2.69 bits per heavy atom. The zero-order valence-electron chi connectivity index (χ0n) is 7.30. The molecule has 70 valence electrons. The molecule has 0 fully saturated rings. The summed E-state index contributed by atoms with van der Waals surface area (Å²) in [6.45, 7) is 1.81. The highest BCUT2D eigenvalue weighted by atomic mass is 127. The molecule has 0 radical (unpaired) electrons. The first-order valence-corrected chi connectivity index (χ1v) is 4.71. The zero-order valence-corrected chi connectivity index (χ0v) is 9.45. The number of phenolic OH excluding ortho intramolecular Hbond substituents is 1. The largest absolute Gasteiger partial charge is 0.508 e. The van der Waals surface area contributed by atoms with Gasteiger partial charge in [-0.1, -0.05) is 0 Å². The number of methoxy groups -OCH3 is 1. The van der Waals surface area contributed by atoms with Crippen molar-refractivity contribution in [2.45, 2.75) is 6.92 Å². The lowest BCUT2D eigenvalue weighted by Gasteiger charge is -2.06. The van der Waals surface area contributed by atoms with Crippen LogP contribution in [0.1, 0.15) is 15.9 Å². The smallest absolute Gasteiger partial charge is 0.338 e. The normalized spacial score (nSPS) is 9.77. The third-order valence-corrected chi connectivity index (χ3v) is 2.85. The van der Waals surface area contributed by atoms with Crippen LogP contribution in [0.4, 0.5) is 0 Å². The van der Waals surface area contributed by atoms with Crippen molar-refractivity contribution in [3.8, 4) is 5.75 Å². The van der Waals surface area contributed by atoms with Gasteiger partial charge in [-0.15, -0.1) is 0 Å². The Labute approximate surface area is 89.9 Å². The fourth-order valence-corrected chi connectivity index (χ4v) is 1.60. The van der Waals surface area contributed by atoms with E-state index in [1.165, 1.54) is 13.2 Å². The van der Waals surface area contributed by atoms with Gasteiger partial charge in [-0.05, 0) is 47.2 Å². The number of ether oxygens (including phenoxy) is 1. The molecule has 1 N–H and O–H groups in total. The molecule has 0 aliphatic carbocycles. The number of halogens is 1. The molecule has 0 spiro atoms. The zero-order chi connectivity index (χ0) is 10.0. The van der Waals surface area contributed by atoms with Crippen LogP contribution in [-0.2, 0) is 4.74 Å². The Morgan fingerprint density at radius 1 is 1.54 bits per heavy atom. The lowest BCUT2D eigenvalue weighted by Crippen LogP contribution is -2.04. The Balaban J connectivity index is 3.28. The van der Waals surface area contributed by atoms with Gasteiger partial charge in [-0.2, -0.15) is 0 Å². The van der Waals surface area contributed by atoms with E-state index in [4.69, 9.17) is 0 Å². The third-order valence-electron chi connectivity index (χ3n) is 1.73. The molecule has 0 saturated carbocycles. The summed E-state index contributed by atoms with van der Waals surface area (Å²) in [5.41, 5.74) is 1.23. The summed E-state index contributed by atoms with van der Waals surface area (Å²) in [5.74, 6) is -0.346. The minimum atomic E-state index is -0.425. The van der Waals surface area contributed by atoms with Gasteiger partial charge < -0.3 is 9.84 Å². The second-order valence-electron chi connectivity index (χ2n) is 2.59. The first kappa shape index (κ1) is 10.3. The number of benzene rings is 1. The fraction of sp³-hybridized carbons (Fsp3) is 0.222. The van der Waals surface area contributed by atoms with Crippen LogP contribution >= 0.6 is 22.6 Å². The van der Waals surface area contributed by atoms with Gasteiger partial charge in [-0.3, -0.25) is 0 Å². The van der Waals surface area contributed by atoms with Crippen LogP contribution < -0.4 is 0 Å². The number of aromatic hydroxyl groups is 1. The summed E-state index contributed by atoms with van der Waals surface area (Å²) in [5, 5.41) is 9.25. The van der Waals surface area contributed by atoms with Crippen LogP contribution in [0.2, 0.25) is 0 Å². The molecule has 0 aromatic heterocycles. The van der Waals surface area contributed by atoms with Gasteiger partial charge in [0.15, 0.2) is 0 Å². The average molecular weight is 292 g/mol. The van der Waals surface area contributed by atoms with Gasteiger partial charge in [-0.25, -0.2) is 4.79 Å². The minimum Gasteiger partial charge on any atom is -0.508 e. The van der Waals surface area contributed by atoms with E-state index in [9.17, 15) is 9.90 Å². The van der Waals surface area contributed by atoms with E-state index in [-0.39, 0.29) is 5.75 Å². The number of hydrogen-bond acceptors (Lipinski definition) is 3. The van der Waals surface area contributed by atoms with Gasteiger partial charge in [0, 0.05) is 3.57 Å². The molecule has 4 heteroatoms. The first-order chi connectivity index (χ1) is 6.06. The van der Waals surface area contributed by atoms with Crippen LogP contribution in [0.3, 0.4) is 0 Å². The average Bonchev–Trinajstić information content (AvgIpc) is 2.10. The van der Waals surface area contributed by atoms with E-state index in [0.717, 1.165) is 9.13 Å². The van der Waals surface area contributed by atoms with Crippen molar-refractivity contribution in [1.82, 2.24) is 0 Å². The summed E-state index contributed by atoms with van der Waals surface area (Å²) in [7, 11) is 1.32. The molecule has 0 aliphatic rings. The second kappa shape index (κ2) is 3.95. The molecular formula is C9H9IO3. The molecule has 1 aromatic carbocycles. The van der Waals surface area contributed by atoms with Crippen molar-refractivity contribution in [3.63, 3.8) is 0 Å². The lowest BCUT2D eigenvalue weighted by molar-refractivity contribution is 0.0599. The van der Waals surface area contributed by atoms with Crippen molar-refractivity contribution < 1.29 is 14.6 Å². The molecule has 0 atom stereocenters. The molecule has 3 nitrogen and oxygen atoms in total. The van der Waals surface area contributed by atoms with Crippen LogP contribution in [0, 0.1) is 10.5 Å². The Kier molecular flexibility index (Phi) is 3.13. The molecule has 0 amide bonds. The summed E-state index contributed by atoms with van der Waals surface area (Å²) in [6, 6.07) is 3.01. The summed E-state index contributed by atoms with van der Waals surface area (Å²) < 4.78 is 5.42. The number of carbonyl (C=O) groups excluding carboxylic acids is 1. The number of rotatable bonds is 1. The first-order valence-electron chi connectivity index (χ1n) is 3.63. The molecule has 0 heterocycles. The van der Waals surface area contributed by atoms with Gasteiger partial charge in [0.25, 0.3) is 0 Å². The fourth-order valence-electron chi connectivity index (χ4n) is 0.987. The predicted octanol–water partition coefficient (Wildman–Crippen LogP) is 2.09. The maximum atomic E-state index is 11.2. The summed E-state index contributed by atoms with van der Waals surface area (Å²) >= 11 is 2.06. The molecule has 13 heavy (non-hydrogen) atoms. The maximum Gasteiger partial charge on any atom is 0.338 e. The van der Waals surface area contributed by atoms with E-state index >= 15 is 0 Å².